The molecule has 2 heteroatoms. The van der Waals surface area contributed by atoms with Crippen LogP contribution in [0.4, 0.5) is 34.1 Å². The molecule has 0 fully saturated rings. The van der Waals surface area contributed by atoms with Crippen molar-refractivity contribution in [2.75, 3.05) is 9.80 Å². The summed E-state index contributed by atoms with van der Waals surface area (Å²) in [6, 6.07) is 86.9. The Morgan fingerprint density at radius 1 is 0.296 bits per heavy atom. The second-order valence-electron chi connectivity index (χ2n) is 21.7. The van der Waals surface area contributed by atoms with Gasteiger partial charge in [0.2, 0.25) is 0 Å². The number of rotatable bonds is 6. The van der Waals surface area contributed by atoms with E-state index in [0.29, 0.717) is 0 Å². The Morgan fingerprint density at radius 3 is 1.27 bits per heavy atom. The monoisotopic (exact) mass is 912 g/mol. The summed E-state index contributed by atoms with van der Waals surface area (Å²) in [5.74, 6) is 0. The van der Waals surface area contributed by atoms with E-state index in [9.17, 15) is 0 Å². The van der Waals surface area contributed by atoms with Crippen molar-refractivity contribution in [1.82, 2.24) is 0 Å². The molecule has 2 nitrogen and oxygen atoms in total. The molecule has 0 radical (unpaired) electrons. The van der Waals surface area contributed by atoms with Crippen LogP contribution in [0.25, 0.3) is 54.6 Å². The highest BCUT2D eigenvalue weighted by molar-refractivity contribution is 6.24. The number of hydrogen-bond acceptors (Lipinski definition) is 2. The summed E-state index contributed by atoms with van der Waals surface area (Å²) in [6.07, 6.45) is 0. The van der Waals surface area contributed by atoms with Gasteiger partial charge >= 0.3 is 0 Å². The Labute approximate surface area is 418 Å². The normalized spacial score (nSPS) is 13.3. The quantitative estimate of drug-likeness (QED) is 0.153. The molecule has 11 aromatic carbocycles. The van der Waals surface area contributed by atoms with Crippen LogP contribution in [0.2, 0.25) is 0 Å². The summed E-state index contributed by atoms with van der Waals surface area (Å²) in [5, 5.41) is 7.50. The summed E-state index contributed by atoms with van der Waals surface area (Å²) in [5.41, 5.74) is 19.4. The molecular weight excluding hydrogens is 857 g/mol. The SMILES string of the molecule is CC(C)(C)c1ccc(N(c2ccccc2)c2ccc3c4c(c5ccccc5c3c2)-c2c(cc(N(c3ccccc3)c3ccc(C(C)(C)C)cc3)c3ccccc23)C42c3ccccc3-c3ccccc32)cc1. The van der Waals surface area contributed by atoms with Gasteiger partial charge in [0.1, 0.15) is 0 Å². The van der Waals surface area contributed by atoms with Gasteiger partial charge < -0.3 is 9.80 Å². The molecule has 13 rings (SSSR count). The molecule has 11 aromatic rings. The van der Waals surface area contributed by atoms with E-state index < -0.39 is 5.41 Å². The maximum Gasteiger partial charge on any atom is 0.0732 e. The molecule has 1 spiro atoms. The Bertz CT molecular complexity index is 3830. The Morgan fingerprint density at radius 2 is 0.718 bits per heavy atom. The lowest BCUT2D eigenvalue weighted by molar-refractivity contribution is 0.590. The average molecular weight is 913 g/mol. The fraction of sp³-hybridized carbons (Fsp3) is 0.130. The Kier molecular flexibility index (Phi) is 9.61. The molecular formula is C69H56N2. The maximum atomic E-state index is 2.58. The highest BCUT2D eigenvalue weighted by Crippen LogP contribution is 2.67. The van der Waals surface area contributed by atoms with Crippen molar-refractivity contribution in [1.29, 1.82) is 0 Å². The van der Waals surface area contributed by atoms with Crippen molar-refractivity contribution in [2.24, 2.45) is 0 Å². The van der Waals surface area contributed by atoms with Gasteiger partial charge in [0.25, 0.3) is 0 Å². The number of anilines is 6. The molecule has 0 unspecified atom stereocenters. The minimum atomic E-state index is -0.638. The maximum absolute atomic E-state index is 2.58. The van der Waals surface area contributed by atoms with E-state index in [1.807, 2.05) is 0 Å². The van der Waals surface area contributed by atoms with Crippen molar-refractivity contribution in [3.63, 3.8) is 0 Å². The van der Waals surface area contributed by atoms with Crippen molar-refractivity contribution in [3.05, 3.63) is 264 Å². The van der Waals surface area contributed by atoms with Gasteiger partial charge in [0.05, 0.1) is 11.1 Å². The molecule has 0 saturated carbocycles. The highest BCUT2D eigenvalue weighted by atomic mass is 15.1. The van der Waals surface area contributed by atoms with Crippen LogP contribution in [0, 0.1) is 0 Å². The zero-order valence-electron chi connectivity index (χ0n) is 41.3. The largest absolute Gasteiger partial charge is 0.310 e. The lowest BCUT2D eigenvalue weighted by Crippen LogP contribution is -2.26. The number of fused-ring (bicyclic) bond motifs is 17. The van der Waals surface area contributed by atoms with Crippen LogP contribution in [-0.2, 0) is 16.2 Å². The zero-order valence-corrected chi connectivity index (χ0v) is 41.3. The first kappa shape index (κ1) is 42.9. The molecule has 0 aliphatic heterocycles. The molecule has 2 aliphatic carbocycles. The van der Waals surface area contributed by atoms with E-state index in [1.165, 1.54) is 88.0 Å². The third kappa shape index (κ3) is 6.47. The number of para-hydroxylation sites is 2. The molecule has 0 bridgehead atoms. The third-order valence-electron chi connectivity index (χ3n) is 15.5. The standard InChI is InChI=1S/C69H56N2/c1-67(2,3)45-33-37-49(38-34-45)70(47-21-9-7-10-22-47)51-41-42-58-59(43-51)52-25-13-15-29-56(52)65-64-57-30-16-14-28-55(57)63(71(48-23-11-8-12-24-48)50-39-35-46(36-40-50)68(4,5)6)44-62(64)69(66(58)65)60-31-19-17-26-53(60)54-27-18-20-32-61(54)69/h7-44H,1-6H3. The van der Waals surface area contributed by atoms with E-state index in [-0.39, 0.29) is 10.8 Å². The minimum Gasteiger partial charge on any atom is -0.310 e. The average Bonchev–Trinajstić information content (AvgIpc) is 3.88. The Hall–Kier alpha value is -8.20. The third-order valence-corrected chi connectivity index (χ3v) is 15.5. The van der Waals surface area contributed by atoms with Crippen molar-refractivity contribution >= 4 is 66.4 Å². The fourth-order valence-electron chi connectivity index (χ4n) is 12.3. The first-order chi connectivity index (χ1) is 34.5. The molecule has 0 amide bonds. The number of nitrogens with zero attached hydrogens (tertiary/aromatic N) is 2. The van der Waals surface area contributed by atoms with Crippen LogP contribution in [-0.4, -0.2) is 0 Å². The van der Waals surface area contributed by atoms with Gasteiger partial charge in [-0.05, 0) is 160 Å². The summed E-state index contributed by atoms with van der Waals surface area (Å²) < 4.78 is 0. The van der Waals surface area contributed by atoms with E-state index in [4.69, 9.17) is 0 Å². The predicted octanol–water partition coefficient (Wildman–Crippen LogP) is 19.0. The topological polar surface area (TPSA) is 6.48 Å². The molecule has 0 N–H and O–H groups in total. The first-order valence-electron chi connectivity index (χ1n) is 25.2. The summed E-state index contributed by atoms with van der Waals surface area (Å²) >= 11 is 0. The second kappa shape index (κ2) is 15.9. The van der Waals surface area contributed by atoms with E-state index in [0.717, 1.165) is 34.1 Å². The summed E-state index contributed by atoms with van der Waals surface area (Å²) in [4.78, 5) is 4.91. The molecule has 71 heavy (non-hydrogen) atoms. The van der Waals surface area contributed by atoms with Gasteiger partial charge in [-0.25, -0.2) is 0 Å². The predicted molar refractivity (Wildman–Crippen MR) is 302 cm³/mol. The van der Waals surface area contributed by atoms with Gasteiger partial charge in [-0.3, -0.25) is 0 Å². The fourth-order valence-corrected chi connectivity index (χ4v) is 12.3. The first-order valence-corrected chi connectivity index (χ1v) is 25.2. The van der Waals surface area contributed by atoms with Crippen LogP contribution in [0.15, 0.2) is 231 Å². The minimum absolute atomic E-state index is 0.0294. The van der Waals surface area contributed by atoms with Crippen molar-refractivity contribution < 1.29 is 0 Å². The molecule has 0 atom stereocenters. The van der Waals surface area contributed by atoms with Crippen LogP contribution in [0.3, 0.4) is 0 Å². The smallest absolute Gasteiger partial charge is 0.0732 e. The molecule has 342 valence electrons. The van der Waals surface area contributed by atoms with E-state index in [1.54, 1.807) is 0 Å². The van der Waals surface area contributed by atoms with Gasteiger partial charge in [-0.15, -0.1) is 0 Å². The van der Waals surface area contributed by atoms with Gasteiger partial charge in [0, 0.05) is 33.8 Å². The highest BCUT2D eigenvalue weighted by Gasteiger charge is 2.54. The summed E-state index contributed by atoms with van der Waals surface area (Å²) in [7, 11) is 0. The molecule has 0 heterocycles. The van der Waals surface area contributed by atoms with Crippen LogP contribution in [0.1, 0.15) is 74.9 Å². The van der Waals surface area contributed by atoms with Gasteiger partial charge in [0.15, 0.2) is 0 Å². The number of benzene rings is 11. The van der Waals surface area contributed by atoms with E-state index in [2.05, 4.69) is 282 Å². The van der Waals surface area contributed by atoms with Crippen LogP contribution in [0.5, 0.6) is 0 Å². The molecule has 2 aliphatic rings. The number of hydrogen-bond donors (Lipinski definition) is 0. The molecule has 0 aromatic heterocycles. The van der Waals surface area contributed by atoms with Crippen molar-refractivity contribution in [2.45, 2.75) is 57.8 Å². The van der Waals surface area contributed by atoms with E-state index >= 15 is 0 Å². The van der Waals surface area contributed by atoms with Gasteiger partial charge in [-0.1, -0.05) is 205 Å². The van der Waals surface area contributed by atoms with Crippen molar-refractivity contribution in [3.8, 4) is 22.3 Å². The lowest BCUT2D eigenvalue weighted by Gasteiger charge is -2.34. The lowest BCUT2D eigenvalue weighted by atomic mass is 9.69. The second-order valence-corrected chi connectivity index (χ2v) is 21.7. The van der Waals surface area contributed by atoms with Crippen LogP contribution >= 0.6 is 0 Å². The van der Waals surface area contributed by atoms with Gasteiger partial charge in [-0.2, -0.15) is 0 Å². The van der Waals surface area contributed by atoms with Crippen LogP contribution < -0.4 is 9.80 Å². The summed E-state index contributed by atoms with van der Waals surface area (Å²) in [6.45, 7) is 13.7. The zero-order chi connectivity index (χ0) is 48.2. The molecule has 0 saturated heterocycles. The Balaban J connectivity index is 1.15.